The number of anilines is 1. The van der Waals surface area contributed by atoms with Gasteiger partial charge in [0.05, 0.1) is 6.61 Å². The number of morpholine rings is 1. The maximum Gasteiger partial charge on any atom is 0.132 e. The van der Waals surface area contributed by atoms with Crippen molar-refractivity contribution in [3.8, 4) is 0 Å². The third-order valence-electron chi connectivity index (χ3n) is 3.90. The molecule has 2 aromatic rings. The fourth-order valence-electron chi connectivity index (χ4n) is 2.59. The van der Waals surface area contributed by atoms with E-state index in [1.807, 2.05) is 24.3 Å². The molecular weight excluding hydrogens is 298 g/mol. The molecule has 22 heavy (non-hydrogen) atoms. The second-order valence-corrected chi connectivity index (χ2v) is 6.25. The molecule has 1 atom stereocenters. The van der Waals surface area contributed by atoms with Crippen LogP contribution in [0.3, 0.4) is 0 Å². The molecule has 0 spiro atoms. The highest BCUT2D eigenvalue weighted by atomic mass is 35.5. The van der Waals surface area contributed by atoms with Crippen LogP contribution in [-0.2, 0) is 4.74 Å². The van der Waals surface area contributed by atoms with Gasteiger partial charge in [0.15, 0.2) is 0 Å². The van der Waals surface area contributed by atoms with Gasteiger partial charge in [-0.2, -0.15) is 0 Å². The Labute approximate surface area is 136 Å². The van der Waals surface area contributed by atoms with Crippen LogP contribution in [0.1, 0.15) is 37.1 Å². The monoisotopic (exact) mass is 317 g/mol. The molecule has 0 saturated carbocycles. The molecule has 1 unspecified atom stereocenters. The van der Waals surface area contributed by atoms with Crippen molar-refractivity contribution in [1.29, 1.82) is 0 Å². The van der Waals surface area contributed by atoms with Crippen LogP contribution < -0.4 is 4.90 Å². The molecule has 0 amide bonds. The van der Waals surface area contributed by atoms with Crippen LogP contribution in [0.2, 0.25) is 5.02 Å². The summed E-state index contributed by atoms with van der Waals surface area (Å²) in [5.74, 6) is 1.37. The minimum absolute atomic E-state index is 0.0449. The van der Waals surface area contributed by atoms with Crippen molar-refractivity contribution < 1.29 is 4.74 Å². The van der Waals surface area contributed by atoms with E-state index in [1.165, 1.54) is 0 Å². The second-order valence-electron chi connectivity index (χ2n) is 5.81. The van der Waals surface area contributed by atoms with Crippen LogP contribution in [-0.4, -0.2) is 29.7 Å². The molecule has 4 nitrogen and oxygen atoms in total. The van der Waals surface area contributed by atoms with E-state index in [1.54, 1.807) is 6.33 Å². The van der Waals surface area contributed by atoms with Gasteiger partial charge in [0.25, 0.3) is 0 Å². The highest BCUT2D eigenvalue weighted by Crippen LogP contribution is 2.26. The number of halogens is 1. The maximum absolute atomic E-state index is 5.95. The van der Waals surface area contributed by atoms with E-state index in [0.717, 1.165) is 35.2 Å². The Hall–Kier alpha value is -1.65. The Kier molecular flexibility index (Phi) is 4.60. The SMILES string of the molecule is CC(C)c1cc(N2CCOC(c3ccc(Cl)cc3)C2)ncn1. The molecule has 0 aliphatic carbocycles. The van der Waals surface area contributed by atoms with Crippen molar-refractivity contribution in [1.82, 2.24) is 9.97 Å². The highest BCUT2D eigenvalue weighted by molar-refractivity contribution is 6.30. The average molecular weight is 318 g/mol. The molecule has 1 fully saturated rings. The van der Waals surface area contributed by atoms with Crippen LogP contribution in [0.4, 0.5) is 5.82 Å². The molecule has 1 aliphatic heterocycles. The third-order valence-corrected chi connectivity index (χ3v) is 4.15. The summed E-state index contributed by atoms with van der Waals surface area (Å²) >= 11 is 5.95. The van der Waals surface area contributed by atoms with E-state index in [2.05, 4.69) is 34.8 Å². The summed E-state index contributed by atoms with van der Waals surface area (Å²) in [5.41, 5.74) is 2.21. The van der Waals surface area contributed by atoms with E-state index in [-0.39, 0.29) is 6.10 Å². The smallest absolute Gasteiger partial charge is 0.132 e. The highest BCUT2D eigenvalue weighted by Gasteiger charge is 2.23. The molecule has 1 aromatic carbocycles. The predicted molar refractivity (Wildman–Crippen MR) is 88.5 cm³/mol. The first-order chi connectivity index (χ1) is 10.6. The van der Waals surface area contributed by atoms with Gasteiger partial charge in [-0.25, -0.2) is 9.97 Å². The quantitative estimate of drug-likeness (QED) is 0.862. The first-order valence-electron chi connectivity index (χ1n) is 7.57. The Balaban J connectivity index is 1.78. The first-order valence-corrected chi connectivity index (χ1v) is 7.95. The van der Waals surface area contributed by atoms with Crippen LogP contribution in [0.5, 0.6) is 0 Å². The number of hydrogen-bond donors (Lipinski definition) is 0. The van der Waals surface area contributed by atoms with E-state index < -0.39 is 0 Å². The predicted octanol–water partition coefficient (Wildman–Crippen LogP) is 3.83. The van der Waals surface area contributed by atoms with Crippen molar-refractivity contribution in [3.63, 3.8) is 0 Å². The number of nitrogens with zero attached hydrogens (tertiary/aromatic N) is 3. The molecule has 1 saturated heterocycles. The van der Waals surface area contributed by atoms with Gasteiger partial charge in [-0.1, -0.05) is 37.6 Å². The Morgan fingerprint density at radius 1 is 1.23 bits per heavy atom. The molecule has 2 heterocycles. The Morgan fingerprint density at radius 2 is 2.00 bits per heavy atom. The topological polar surface area (TPSA) is 38.2 Å². The molecule has 3 rings (SSSR count). The second kappa shape index (κ2) is 6.63. The van der Waals surface area contributed by atoms with Crippen LogP contribution in [0, 0.1) is 0 Å². The van der Waals surface area contributed by atoms with Gasteiger partial charge in [0.2, 0.25) is 0 Å². The zero-order valence-corrected chi connectivity index (χ0v) is 13.6. The summed E-state index contributed by atoms with van der Waals surface area (Å²) < 4.78 is 5.91. The van der Waals surface area contributed by atoms with E-state index >= 15 is 0 Å². The van der Waals surface area contributed by atoms with E-state index in [9.17, 15) is 0 Å². The first kappa shape index (κ1) is 15.3. The lowest BCUT2D eigenvalue weighted by Crippen LogP contribution is -2.39. The minimum Gasteiger partial charge on any atom is -0.370 e. The van der Waals surface area contributed by atoms with Gasteiger partial charge in [0, 0.05) is 29.9 Å². The maximum atomic E-state index is 5.95. The molecule has 116 valence electrons. The van der Waals surface area contributed by atoms with Crippen molar-refractivity contribution in [3.05, 3.63) is 52.9 Å². The number of benzene rings is 1. The number of hydrogen-bond acceptors (Lipinski definition) is 4. The number of rotatable bonds is 3. The summed E-state index contributed by atoms with van der Waals surface area (Å²) in [6.45, 7) is 6.60. The summed E-state index contributed by atoms with van der Waals surface area (Å²) in [6.07, 6.45) is 1.70. The lowest BCUT2D eigenvalue weighted by Gasteiger charge is -2.34. The Bertz CT molecular complexity index is 630. The Morgan fingerprint density at radius 3 is 2.73 bits per heavy atom. The van der Waals surface area contributed by atoms with Gasteiger partial charge in [-0.3, -0.25) is 0 Å². The van der Waals surface area contributed by atoms with Crippen LogP contribution >= 0.6 is 11.6 Å². The van der Waals surface area contributed by atoms with Crippen molar-refractivity contribution in [2.45, 2.75) is 25.9 Å². The molecule has 1 aromatic heterocycles. The summed E-state index contributed by atoms with van der Waals surface area (Å²) in [5, 5.41) is 0.744. The molecule has 1 aliphatic rings. The molecule has 0 radical (unpaired) electrons. The average Bonchev–Trinajstić information content (AvgIpc) is 2.56. The minimum atomic E-state index is 0.0449. The van der Waals surface area contributed by atoms with Gasteiger partial charge in [-0.15, -0.1) is 0 Å². The van der Waals surface area contributed by atoms with Crippen LogP contribution in [0.25, 0.3) is 0 Å². The lowest BCUT2D eigenvalue weighted by atomic mass is 10.1. The lowest BCUT2D eigenvalue weighted by molar-refractivity contribution is 0.0395. The van der Waals surface area contributed by atoms with E-state index in [4.69, 9.17) is 16.3 Å². The summed E-state index contributed by atoms with van der Waals surface area (Å²) in [6, 6.07) is 9.93. The van der Waals surface area contributed by atoms with Gasteiger partial charge < -0.3 is 9.64 Å². The van der Waals surface area contributed by atoms with E-state index in [0.29, 0.717) is 12.5 Å². The third kappa shape index (κ3) is 3.39. The molecule has 5 heteroatoms. The standard InChI is InChI=1S/C17H20ClN3O/c1-12(2)15-9-17(20-11-19-15)21-7-8-22-16(10-21)13-3-5-14(18)6-4-13/h3-6,9,11-12,16H,7-8,10H2,1-2H3. The largest absolute Gasteiger partial charge is 0.370 e. The normalized spacial score (nSPS) is 18.7. The summed E-state index contributed by atoms with van der Waals surface area (Å²) in [7, 11) is 0. The van der Waals surface area contributed by atoms with Crippen molar-refractivity contribution in [2.75, 3.05) is 24.6 Å². The molecule has 0 N–H and O–H groups in total. The fraction of sp³-hybridized carbons (Fsp3) is 0.412. The molecule has 0 bridgehead atoms. The molecular formula is C17H20ClN3O. The van der Waals surface area contributed by atoms with Crippen molar-refractivity contribution >= 4 is 17.4 Å². The van der Waals surface area contributed by atoms with Crippen molar-refractivity contribution in [2.24, 2.45) is 0 Å². The number of ether oxygens (including phenoxy) is 1. The van der Waals surface area contributed by atoms with Gasteiger partial charge >= 0.3 is 0 Å². The number of aromatic nitrogens is 2. The zero-order chi connectivity index (χ0) is 15.5. The van der Waals surface area contributed by atoms with Crippen LogP contribution in [0.15, 0.2) is 36.7 Å². The van der Waals surface area contributed by atoms with Gasteiger partial charge in [0.1, 0.15) is 18.2 Å². The zero-order valence-electron chi connectivity index (χ0n) is 12.9. The van der Waals surface area contributed by atoms with Gasteiger partial charge in [-0.05, 0) is 23.6 Å². The summed E-state index contributed by atoms with van der Waals surface area (Å²) in [4.78, 5) is 11.0. The fourth-order valence-corrected chi connectivity index (χ4v) is 2.71.